The van der Waals surface area contributed by atoms with E-state index >= 15 is 0 Å². The summed E-state index contributed by atoms with van der Waals surface area (Å²) in [7, 11) is 2.17. The summed E-state index contributed by atoms with van der Waals surface area (Å²) in [6, 6.07) is 4.28. The molecule has 170 valence electrons. The number of rotatable bonds is 2. The molecule has 9 heteroatoms. The second kappa shape index (κ2) is 9.02. The third-order valence-corrected chi connectivity index (χ3v) is 7.08. The second-order valence-corrected chi connectivity index (χ2v) is 8.85. The van der Waals surface area contributed by atoms with Crippen LogP contribution in [0.1, 0.15) is 32.8 Å². The number of carbonyl (C=O) groups excluding carboxylic acids is 2. The Bertz CT molecular complexity index is 1060. The van der Waals surface area contributed by atoms with Crippen LogP contribution in [0.25, 0.3) is 0 Å². The molecule has 1 N–H and O–H groups in total. The van der Waals surface area contributed by atoms with E-state index in [2.05, 4.69) is 34.1 Å². The molecule has 1 aromatic heterocycles. The predicted octanol–water partition coefficient (Wildman–Crippen LogP) is -0.485. The normalized spacial score (nSPS) is 30.0. The number of hydrogen-bond acceptors (Lipinski definition) is 7. The van der Waals surface area contributed by atoms with Crippen LogP contribution < -0.4 is 28.3 Å². The summed E-state index contributed by atoms with van der Waals surface area (Å²) in [4.78, 5) is 32.1. The minimum absolute atomic E-state index is 0. The molecule has 2 bridgehead atoms. The van der Waals surface area contributed by atoms with Gasteiger partial charge in [-0.1, -0.05) is 12.1 Å². The van der Waals surface area contributed by atoms with Gasteiger partial charge in [0, 0.05) is 49.2 Å². The van der Waals surface area contributed by atoms with Crippen molar-refractivity contribution in [1.29, 1.82) is 0 Å². The van der Waals surface area contributed by atoms with Crippen LogP contribution in [0.5, 0.6) is 11.5 Å². The number of carbonyl (C=O) groups is 2. The van der Waals surface area contributed by atoms with E-state index in [0.29, 0.717) is 17.5 Å². The number of benzene rings is 1. The van der Waals surface area contributed by atoms with Crippen LogP contribution in [0.3, 0.4) is 0 Å². The number of nitrogens with one attached hydrogen (secondary N) is 1. The summed E-state index contributed by atoms with van der Waals surface area (Å²) in [5, 5.41) is 0. The predicted molar refractivity (Wildman–Crippen MR) is 116 cm³/mol. The van der Waals surface area contributed by atoms with E-state index in [1.165, 1.54) is 19.4 Å². The Hall–Kier alpha value is -2.53. The van der Waals surface area contributed by atoms with Crippen molar-refractivity contribution in [1.82, 2.24) is 14.9 Å². The third kappa shape index (κ3) is 3.80. The second-order valence-electron chi connectivity index (χ2n) is 8.85. The molecule has 4 aliphatic rings. The average molecular weight is 445 g/mol. The first-order chi connectivity index (χ1) is 15.4. The summed E-state index contributed by atoms with van der Waals surface area (Å²) in [5.74, 6) is 0.712. The van der Waals surface area contributed by atoms with Crippen molar-refractivity contribution < 1.29 is 44.1 Å². The van der Waals surface area contributed by atoms with Gasteiger partial charge in [0.1, 0.15) is 6.10 Å². The van der Waals surface area contributed by atoms with Crippen LogP contribution >= 0.6 is 0 Å². The number of nitrogens with zero attached hydrogens (tertiary/aromatic N) is 2. The van der Waals surface area contributed by atoms with Gasteiger partial charge in [0.15, 0.2) is 17.6 Å². The molecular weight excluding hydrogens is 417 g/mol. The molecule has 1 saturated heterocycles. The van der Waals surface area contributed by atoms with E-state index in [4.69, 9.17) is 14.2 Å². The van der Waals surface area contributed by atoms with E-state index in [1.807, 2.05) is 12.1 Å². The van der Waals surface area contributed by atoms with Gasteiger partial charge in [-0.2, -0.15) is 0 Å². The van der Waals surface area contributed by atoms with Crippen LogP contribution in [0.15, 0.2) is 43.0 Å². The van der Waals surface area contributed by atoms with Crippen molar-refractivity contribution in [2.45, 2.75) is 50.4 Å². The van der Waals surface area contributed by atoms with Crippen molar-refractivity contribution in [2.75, 3.05) is 13.6 Å². The zero-order valence-corrected chi connectivity index (χ0v) is 19.4. The Morgan fingerprint density at radius 3 is 2.73 bits per heavy atom. The van der Waals surface area contributed by atoms with Crippen LogP contribution in [0, 0.1) is 5.92 Å². The van der Waals surface area contributed by atoms with Gasteiger partial charge in [0.25, 0.3) is 0 Å². The number of likely N-dealkylation sites (N-methyl/N-ethyl adjacent to an activating group) is 1. The molecule has 2 aliphatic heterocycles. The molecule has 1 aromatic carbocycles. The molecule has 1 fully saturated rings. The monoisotopic (exact) mass is 445 g/mol. The molecule has 0 saturated carbocycles. The van der Waals surface area contributed by atoms with Crippen molar-refractivity contribution >= 4 is 11.9 Å². The smallest absolute Gasteiger partial charge is 1.00 e. The minimum Gasteiger partial charge on any atom is -1.00 e. The fraction of sp³-hybridized carbons (Fsp3) is 0.458. The van der Waals surface area contributed by atoms with Gasteiger partial charge < -0.3 is 25.5 Å². The number of aromatic nitrogens is 2. The van der Waals surface area contributed by atoms with Crippen molar-refractivity contribution in [3.63, 3.8) is 0 Å². The minimum atomic E-state index is -0.439. The van der Waals surface area contributed by atoms with Crippen LogP contribution in [0.2, 0.25) is 0 Å². The standard InChI is InChI=1S/C21H23NO5.C3H4N2.Li.H/c1-11(23)25-16-6-4-13-10-15-14-5-7-17(26-12(2)24)20-21(14,8-9-22(15)3)18(13)19(16)27-20;1-2-5-3-4-1;;/h4-7,14-15,17,20H,8-10H2,1-3H3;1-3H,(H,4,5);;/q;;+1;-1/t14-,15+,17-,20-,21-;;;/m0.../s1. The van der Waals surface area contributed by atoms with Gasteiger partial charge in [-0.05, 0) is 44.1 Å². The molecule has 6 rings (SSSR count). The van der Waals surface area contributed by atoms with Gasteiger partial charge in [-0.25, -0.2) is 4.98 Å². The molecule has 33 heavy (non-hydrogen) atoms. The zero-order chi connectivity index (χ0) is 22.5. The van der Waals surface area contributed by atoms with Gasteiger partial charge in [-0.15, -0.1) is 0 Å². The number of aromatic amines is 1. The van der Waals surface area contributed by atoms with Gasteiger partial charge in [0.2, 0.25) is 0 Å². The van der Waals surface area contributed by atoms with Crippen LogP contribution in [0.4, 0.5) is 0 Å². The maximum atomic E-state index is 11.7. The van der Waals surface area contributed by atoms with E-state index < -0.39 is 6.10 Å². The fourth-order valence-electron chi connectivity index (χ4n) is 5.95. The molecule has 1 spiro atoms. The number of esters is 2. The molecular formula is C24H28LiN3O5. The first kappa shape index (κ1) is 23.6. The molecule has 5 atom stereocenters. The molecule has 3 heterocycles. The number of hydrogen-bond donors (Lipinski definition) is 1. The van der Waals surface area contributed by atoms with Crippen LogP contribution in [-0.4, -0.2) is 58.6 Å². The Kier molecular flexibility index (Phi) is 6.45. The molecule has 2 aliphatic carbocycles. The van der Waals surface area contributed by atoms with E-state index in [9.17, 15) is 9.59 Å². The maximum absolute atomic E-state index is 11.7. The fourth-order valence-corrected chi connectivity index (χ4v) is 5.95. The summed E-state index contributed by atoms with van der Waals surface area (Å²) < 4.78 is 17.5. The first-order valence-corrected chi connectivity index (χ1v) is 10.9. The molecule has 0 radical (unpaired) electrons. The number of likely N-dealkylation sites (tertiary alicyclic amines) is 1. The Balaban J connectivity index is 0.000000414. The number of H-pyrrole nitrogens is 1. The van der Waals surface area contributed by atoms with E-state index in [0.717, 1.165) is 24.9 Å². The Morgan fingerprint density at radius 1 is 1.27 bits per heavy atom. The van der Waals surface area contributed by atoms with Crippen LogP contribution in [-0.2, 0) is 26.2 Å². The quantitative estimate of drug-likeness (QED) is 0.289. The maximum Gasteiger partial charge on any atom is 1.00 e. The summed E-state index contributed by atoms with van der Waals surface area (Å²) >= 11 is 0. The topological polar surface area (TPSA) is 93.8 Å². The Morgan fingerprint density at radius 2 is 2.09 bits per heavy atom. The summed E-state index contributed by atoms with van der Waals surface area (Å²) in [6.07, 6.45) is 10.4. The van der Waals surface area contributed by atoms with Gasteiger partial charge in [-0.3, -0.25) is 9.59 Å². The first-order valence-electron chi connectivity index (χ1n) is 10.9. The Labute approximate surface area is 206 Å². The van der Waals surface area contributed by atoms with Gasteiger partial charge in [0.05, 0.1) is 6.33 Å². The third-order valence-electron chi connectivity index (χ3n) is 7.08. The number of piperidine rings is 1. The molecule has 0 unspecified atom stereocenters. The van der Waals surface area contributed by atoms with E-state index in [-0.39, 0.29) is 49.7 Å². The van der Waals surface area contributed by atoms with Crippen molar-refractivity contribution in [2.24, 2.45) is 5.92 Å². The number of imidazole rings is 1. The SMILES string of the molecule is CC(=O)Oc1ccc2c3c1O[C@H]1[C@@H](OC(C)=O)C=C[C@H]4[C@@H](C2)N(C)CC[C@@]341.[H-].[Li+].c1c[nH]cn1. The zero-order valence-electron chi connectivity index (χ0n) is 20.4. The molecule has 8 nitrogen and oxygen atoms in total. The van der Waals surface area contributed by atoms with Crippen molar-refractivity contribution in [3.05, 3.63) is 54.1 Å². The number of ether oxygens (including phenoxy) is 3. The molecule has 2 aromatic rings. The summed E-state index contributed by atoms with van der Waals surface area (Å²) in [5.41, 5.74) is 2.15. The molecule has 0 amide bonds. The van der Waals surface area contributed by atoms with Gasteiger partial charge >= 0.3 is 30.8 Å². The van der Waals surface area contributed by atoms with E-state index in [1.54, 1.807) is 18.7 Å². The largest absolute Gasteiger partial charge is 1.00 e. The summed E-state index contributed by atoms with van der Waals surface area (Å²) in [6.45, 7) is 3.77. The average Bonchev–Trinajstić information content (AvgIpc) is 3.42. The van der Waals surface area contributed by atoms with Crippen molar-refractivity contribution in [3.8, 4) is 11.5 Å².